The Morgan fingerprint density at radius 1 is 0.964 bits per heavy atom. The van der Waals surface area contributed by atoms with E-state index in [1.54, 1.807) is 0 Å². The fraction of sp³-hybridized carbons (Fsp3) is 0.684. The molecule has 8 atom stereocenters. The topological polar surface area (TPSA) is 110 Å². The van der Waals surface area contributed by atoms with Crippen molar-refractivity contribution in [3.05, 3.63) is 12.2 Å². The third-order valence-corrected chi connectivity index (χ3v) is 5.65. The zero-order chi connectivity index (χ0) is 20.0. The van der Waals surface area contributed by atoms with Crippen LogP contribution in [0.15, 0.2) is 17.3 Å². The number of fused-ring (bicyclic) bond motifs is 5. The lowest BCUT2D eigenvalue weighted by atomic mass is 9.82. The highest BCUT2D eigenvalue weighted by Gasteiger charge is 2.58. The van der Waals surface area contributed by atoms with Crippen molar-refractivity contribution in [2.75, 3.05) is 6.61 Å². The lowest BCUT2D eigenvalue weighted by molar-refractivity contribution is -0.216. The van der Waals surface area contributed by atoms with E-state index >= 15 is 0 Å². The van der Waals surface area contributed by atoms with Crippen LogP contribution in [0.2, 0.25) is 0 Å². The number of hydrogen-bond acceptors (Lipinski definition) is 9. The Balaban J connectivity index is 1.62. The van der Waals surface area contributed by atoms with E-state index in [4.69, 9.17) is 23.8 Å². The normalized spacial score (nSPS) is 40.3. The molecule has 0 aromatic carbocycles. The molecular formula is C19H23NO8. The van der Waals surface area contributed by atoms with Crippen molar-refractivity contribution < 1.29 is 38.2 Å². The smallest absolute Gasteiger partial charge is 0.303 e. The van der Waals surface area contributed by atoms with Gasteiger partial charge in [0.15, 0.2) is 18.3 Å². The van der Waals surface area contributed by atoms with Gasteiger partial charge in [-0.3, -0.25) is 14.4 Å². The minimum absolute atomic E-state index is 0.0136. The van der Waals surface area contributed by atoms with E-state index in [0.29, 0.717) is 11.6 Å². The largest absolute Gasteiger partial charge is 0.456 e. The van der Waals surface area contributed by atoms with Crippen LogP contribution >= 0.6 is 0 Å². The SMILES string of the molecule is CC(=O)O[C@@H]1[C@@H](OC(C)=O)[C@H](C2=NOC3C4C=CC(C4)C23)OC[C@H]1OC(C)=O. The van der Waals surface area contributed by atoms with Crippen LogP contribution in [0.5, 0.6) is 0 Å². The highest BCUT2D eigenvalue weighted by molar-refractivity contribution is 5.94. The van der Waals surface area contributed by atoms with Crippen LogP contribution in [-0.4, -0.2) is 60.7 Å². The summed E-state index contributed by atoms with van der Waals surface area (Å²) in [5.74, 6) is -1.07. The first-order chi connectivity index (χ1) is 13.3. The van der Waals surface area contributed by atoms with Crippen LogP contribution in [0.3, 0.4) is 0 Å². The number of hydrogen-bond donors (Lipinski definition) is 0. The van der Waals surface area contributed by atoms with E-state index in [-0.39, 0.29) is 24.5 Å². The molecule has 2 heterocycles. The van der Waals surface area contributed by atoms with E-state index in [1.807, 2.05) is 0 Å². The molecule has 0 aromatic rings. The van der Waals surface area contributed by atoms with E-state index < -0.39 is 42.3 Å². The van der Waals surface area contributed by atoms with Gasteiger partial charge in [0, 0.05) is 26.7 Å². The van der Waals surface area contributed by atoms with Gasteiger partial charge in [0.2, 0.25) is 0 Å². The summed E-state index contributed by atoms with van der Waals surface area (Å²) in [6, 6.07) is 0. The summed E-state index contributed by atoms with van der Waals surface area (Å²) in [6.45, 7) is 3.74. The molecule has 4 aliphatic rings. The molecule has 9 heteroatoms. The minimum atomic E-state index is -1.00. The molecule has 2 aliphatic heterocycles. The standard InChI is InChI=1S/C19H23NO8/c1-8(21)25-13-7-24-18(19(27-10(3)23)17(13)26-9(2)22)15-14-11-4-5-12(6-11)16(14)28-20-15/h4-5,11-14,16-19H,6-7H2,1-3H3/t11?,12?,13-,14?,16?,17+,18+,19-/m1/s1. The first-order valence-corrected chi connectivity index (χ1v) is 9.40. The minimum Gasteiger partial charge on any atom is -0.456 e. The third kappa shape index (κ3) is 3.28. The van der Waals surface area contributed by atoms with Gasteiger partial charge in [0.05, 0.1) is 18.2 Å². The van der Waals surface area contributed by atoms with Crippen LogP contribution in [0.25, 0.3) is 0 Å². The van der Waals surface area contributed by atoms with Crippen molar-refractivity contribution in [2.45, 2.75) is 57.7 Å². The maximum atomic E-state index is 11.8. The van der Waals surface area contributed by atoms with Gasteiger partial charge >= 0.3 is 17.9 Å². The summed E-state index contributed by atoms with van der Waals surface area (Å²) in [6.07, 6.45) is 1.61. The number of oxime groups is 1. The molecule has 4 unspecified atom stereocenters. The van der Waals surface area contributed by atoms with Crippen molar-refractivity contribution in [1.82, 2.24) is 0 Å². The number of rotatable bonds is 4. The molecule has 0 aromatic heterocycles. The first-order valence-electron chi connectivity index (χ1n) is 9.40. The van der Waals surface area contributed by atoms with Gasteiger partial charge in [-0.25, -0.2) is 0 Å². The summed E-state index contributed by atoms with van der Waals surface area (Å²) < 4.78 is 22.1. The summed E-state index contributed by atoms with van der Waals surface area (Å²) in [4.78, 5) is 40.6. The summed E-state index contributed by atoms with van der Waals surface area (Å²) in [7, 11) is 0. The van der Waals surface area contributed by atoms with Crippen molar-refractivity contribution in [3.63, 3.8) is 0 Å². The highest BCUT2D eigenvalue weighted by atomic mass is 16.7. The molecule has 1 saturated carbocycles. The predicted molar refractivity (Wildman–Crippen MR) is 92.9 cm³/mol. The van der Waals surface area contributed by atoms with Crippen LogP contribution in [0.1, 0.15) is 27.2 Å². The van der Waals surface area contributed by atoms with E-state index in [0.717, 1.165) is 6.42 Å². The number of allylic oxidation sites excluding steroid dienone is 1. The van der Waals surface area contributed by atoms with Crippen molar-refractivity contribution >= 4 is 23.6 Å². The fourth-order valence-electron chi connectivity index (χ4n) is 4.73. The Bertz CT molecular complexity index is 746. The predicted octanol–water partition coefficient (Wildman–Crippen LogP) is 0.757. The molecular weight excluding hydrogens is 370 g/mol. The zero-order valence-corrected chi connectivity index (χ0v) is 15.9. The molecule has 1 saturated heterocycles. The third-order valence-electron chi connectivity index (χ3n) is 5.65. The second-order valence-electron chi connectivity index (χ2n) is 7.61. The number of ether oxygens (including phenoxy) is 4. The molecule has 4 rings (SSSR count). The number of carbonyl (C=O) groups excluding carboxylic acids is 3. The molecule has 2 aliphatic carbocycles. The second kappa shape index (κ2) is 7.20. The van der Waals surface area contributed by atoms with Crippen molar-refractivity contribution in [1.29, 1.82) is 0 Å². The molecule has 2 bridgehead atoms. The monoisotopic (exact) mass is 393 g/mol. The Morgan fingerprint density at radius 3 is 2.29 bits per heavy atom. The van der Waals surface area contributed by atoms with E-state index in [1.165, 1.54) is 20.8 Å². The maximum absolute atomic E-state index is 11.8. The van der Waals surface area contributed by atoms with Crippen LogP contribution < -0.4 is 0 Å². The molecule has 2 fully saturated rings. The molecule has 0 radical (unpaired) electrons. The average Bonchev–Trinajstić information content (AvgIpc) is 3.30. The maximum Gasteiger partial charge on any atom is 0.303 e. The zero-order valence-electron chi connectivity index (χ0n) is 15.9. The molecule has 0 spiro atoms. The van der Waals surface area contributed by atoms with E-state index in [2.05, 4.69) is 17.3 Å². The van der Waals surface area contributed by atoms with Crippen LogP contribution in [-0.2, 0) is 38.2 Å². The van der Waals surface area contributed by atoms with Gasteiger partial charge in [-0.2, -0.15) is 0 Å². The fourth-order valence-corrected chi connectivity index (χ4v) is 4.73. The summed E-state index contributed by atoms with van der Waals surface area (Å²) >= 11 is 0. The van der Waals surface area contributed by atoms with Crippen molar-refractivity contribution in [2.24, 2.45) is 22.9 Å². The van der Waals surface area contributed by atoms with Gasteiger partial charge in [-0.05, 0) is 12.3 Å². The van der Waals surface area contributed by atoms with Crippen LogP contribution in [0, 0.1) is 17.8 Å². The molecule has 0 N–H and O–H groups in total. The van der Waals surface area contributed by atoms with Gasteiger partial charge in [0.1, 0.15) is 12.2 Å². The van der Waals surface area contributed by atoms with Gasteiger partial charge in [-0.15, -0.1) is 0 Å². The Hall–Kier alpha value is -2.42. The van der Waals surface area contributed by atoms with Gasteiger partial charge < -0.3 is 23.8 Å². The number of nitrogens with zero attached hydrogens (tertiary/aromatic N) is 1. The molecule has 0 amide bonds. The van der Waals surface area contributed by atoms with E-state index in [9.17, 15) is 14.4 Å². The second-order valence-corrected chi connectivity index (χ2v) is 7.61. The Labute approximate surface area is 161 Å². The number of esters is 3. The van der Waals surface area contributed by atoms with Crippen molar-refractivity contribution in [3.8, 4) is 0 Å². The summed E-state index contributed by atoms with van der Waals surface area (Å²) in [5.41, 5.74) is 0.645. The first kappa shape index (κ1) is 18.9. The molecule has 28 heavy (non-hydrogen) atoms. The van der Waals surface area contributed by atoms with Crippen LogP contribution in [0.4, 0.5) is 0 Å². The lowest BCUT2D eigenvalue weighted by Crippen LogP contribution is -2.60. The average molecular weight is 393 g/mol. The van der Waals surface area contributed by atoms with Gasteiger partial charge in [-0.1, -0.05) is 17.3 Å². The van der Waals surface area contributed by atoms with Gasteiger partial charge in [0.25, 0.3) is 0 Å². The Morgan fingerprint density at radius 2 is 1.61 bits per heavy atom. The highest BCUT2D eigenvalue weighted by Crippen LogP contribution is 2.49. The quantitative estimate of drug-likeness (QED) is 0.391. The lowest BCUT2D eigenvalue weighted by Gasteiger charge is -2.41. The Kier molecular flexibility index (Phi) is 4.86. The summed E-state index contributed by atoms with van der Waals surface area (Å²) in [5, 5.41) is 4.25. The molecule has 9 nitrogen and oxygen atoms in total. The number of carbonyl (C=O) groups is 3. The molecule has 152 valence electrons.